The second-order valence-corrected chi connectivity index (χ2v) is 3.93. The van der Waals surface area contributed by atoms with Gasteiger partial charge in [0.05, 0.1) is 6.10 Å². The van der Waals surface area contributed by atoms with Gasteiger partial charge in [-0.05, 0) is 36.1 Å². The Bertz CT molecular complexity index is 387. The van der Waals surface area contributed by atoms with E-state index in [0.29, 0.717) is 6.10 Å². The van der Waals surface area contributed by atoms with Crippen LogP contribution in [0.1, 0.15) is 18.1 Å². The minimum Gasteiger partial charge on any atom is -0.381 e. The number of rotatable bonds is 2. The molecule has 0 aliphatic heterocycles. The first kappa shape index (κ1) is 10.2. The first-order chi connectivity index (χ1) is 7.19. The van der Waals surface area contributed by atoms with Crippen molar-refractivity contribution >= 4 is 11.6 Å². The predicted octanol–water partition coefficient (Wildman–Crippen LogP) is 1.76. The van der Waals surface area contributed by atoms with E-state index in [-0.39, 0.29) is 5.91 Å². The van der Waals surface area contributed by atoms with Crippen molar-refractivity contribution < 1.29 is 9.53 Å². The number of amides is 1. The number of carbonyl (C=O) groups is 1. The lowest BCUT2D eigenvalue weighted by Crippen LogP contribution is -2.08. The van der Waals surface area contributed by atoms with Crippen molar-refractivity contribution in [1.82, 2.24) is 0 Å². The lowest BCUT2D eigenvalue weighted by Gasteiger charge is -2.04. The number of carbonyl (C=O) groups excluding carboxylic acids is 1. The highest BCUT2D eigenvalue weighted by molar-refractivity contribution is 5.88. The number of nitrogens with one attached hydrogen (secondary N) is 1. The normalized spacial score (nSPS) is 18.7. The van der Waals surface area contributed by atoms with E-state index >= 15 is 0 Å². The van der Waals surface area contributed by atoms with Gasteiger partial charge in [0, 0.05) is 19.7 Å². The number of hydrogen-bond donors (Lipinski definition) is 1. The Kier molecular flexibility index (Phi) is 2.73. The van der Waals surface area contributed by atoms with Crippen LogP contribution in [-0.2, 0) is 22.4 Å². The van der Waals surface area contributed by atoms with Gasteiger partial charge in [0.1, 0.15) is 0 Å². The molecule has 1 amide bonds. The molecule has 0 radical (unpaired) electrons. The van der Waals surface area contributed by atoms with E-state index in [4.69, 9.17) is 4.74 Å². The first-order valence-corrected chi connectivity index (χ1v) is 5.11. The van der Waals surface area contributed by atoms with Crippen LogP contribution in [0.4, 0.5) is 5.69 Å². The van der Waals surface area contributed by atoms with E-state index in [1.165, 1.54) is 18.1 Å². The number of ether oxygens (including phenoxy) is 1. The van der Waals surface area contributed by atoms with Crippen molar-refractivity contribution in [2.45, 2.75) is 25.9 Å². The third-order valence-electron chi connectivity index (χ3n) is 2.76. The van der Waals surface area contributed by atoms with Gasteiger partial charge in [-0.15, -0.1) is 0 Å². The summed E-state index contributed by atoms with van der Waals surface area (Å²) < 4.78 is 5.33. The predicted molar refractivity (Wildman–Crippen MR) is 59.0 cm³/mol. The summed E-state index contributed by atoms with van der Waals surface area (Å²) in [5.74, 6) is -0.0313. The monoisotopic (exact) mass is 205 g/mol. The second-order valence-electron chi connectivity index (χ2n) is 3.93. The quantitative estimate of drug-likeness (QED) is 0.799. The smallest absolute Gasteiger partial charge is 0.221 e. The Morgan fingerprint density at radius 2 is 2.13 bits per heavy atom. The van der Waals surface area contributed by atoms with Crippen molar-refractivity contribution in [2.24, 2.45) is 0 Å². The summed E-state index contributed by atoms with van der Waals surface area (Å²) in [6.45, 7) is 1.52. The third kappa shape index (κ3) is 2.18. The van der Waals surface area contributed by atoms with Gasteiger partial charge >= 0.3 is 0 Å². The fourth-order valence-corrected chi connectivity index (χ4v) is 2.03. The number of fused-ring (bicyclic) bond motifs is 1. The molecular weight excluding hydrogens is 190 g/mol. The maximum absolute atomic E-state index is 10.9. The lowest BCUT2D eigenvalue weighted by atomic mass is 10.1. The highest BCUT2D eigenvalue weighted by Gasteiger charge is 2.20. The minimum atomic E-state index is -0.0313. The molecule has 0 aromatic heterocycles. The maximum atomic E-state index is 10.9. The molecule has 2 rings (SSSR count). The van der Waals surface area contributed by atoms with Gasteiger partial charge in [-0.2, -0.15) is 0 Å². The van der Waals surface area contributed by atoms with Crippen LogP contribution in [0.15, 0.2) is 18.2 Å². The van der Waals surface area contributed by atoms with Gasteiger partial charge < -0.3 is 10.1 Å². The van der Waals surface area contributed by atoms with Crippen LogP contribution in [-0.4, -0.2) is 19.1 Å². The van der Waals surface area contributed by atoms with Gasteiger partial charge in [0.25, 0.3) is 0 Å². The summed E-state index contributed by atoms with van der Waals surface area (Å²) >= 11 is 0. The molecule has 1 aromatic rings. The first-order valence-electron chi connectivity index (χ1n) is 5.11. The van der Waals surface area contributed by atoms with E-state index in [9.17, 15) is 4.79 Å². The number of anilines is 1. The largest absolute Gasteiger partial charge is 0.381 e. The summed E-state index contributed by atoms with van der Waals surface area (Å²) in [6.07, 6.45) is 2.22. The molecule has 80 valence electrons. The van der Waals surface area contributed by atoms with E-state index in [2.05, 4.69) is 11.4 Å². The van der Waals surface area contributed by atoms with Gasteiger partial charge in [-0.1, -0.05) is 6.07 Å². The third-order valence-corrected chi connectivity index (χ3v) is 2.76. The van der Waals surface area contributed by atoms with Crippen molar-refractivity contribution in [3.8, 4) is 0 Å². The molecule has 1 aliphatic carbocycles. The zero-order valence-electron chi connectivity index (χ0n) is 9.04. The fraction of sp³-hybridized carbons (Fsp3) is 0.417. The van der Waals surface area contributed by atoms with Crippen LogP contribution >= 0.6 is 0 Å². The van der Waals surface area contributed by atoms with Crippen LogP contribution in [0.3, 0.4) is 0 Å². The van der Waals surface area contributed by atoms with Gasteiger partial charge in [0.2, 0.25) is 5.91 Å². The molecule has 1 N–H and O–H groups in total. The van der Waals surface area contributed by atoms with Crippen LogP contribution in [0, 0.1) is 0 Å². The SMILES string of the molecule is COC1Cc2ccc(NC(C)=O)cc2C1. The summed E-state index contributed by atoms with van der Waals surface area (Å²) in [4.78, 5) is 10.9. The number of benzene rings is 1. The average molecular weight is 205 g/mol. The van der Waals surface area contributed by atoms with Crippen molar-refractivity contribution in [3.05, 3.63) is 29.3 Å². The van der Waals surface area contributed by atoms with Crippen LogP contribution in [0.25, 0.3) is 0 Å². The maximum Gasteiger partial charge on any atom is 0.221 e. The van der Waals surface area contributed by atoms with E-state index in [0.717, 1.165) is 18.5 Å². The van der Waals surface area contributed by atoms with E-state index in [1.54, 1.807) is 7.11 Å². The molecule has 0 spiro atoms. The molecule has 0 fully saturated rings. The Morgan fingerprint density at radius 1 is 1.40 bits per heavy atom. The van der Waals surface area contributed by atoms with Crippen LogP contribution < -0.4 is 5.32 Å². The molecular formula is C12H15NO2. The average Bonchev–Trinajstić information content (AvgIpc) is 2.58. The molecule has 0 saturated carbocycles. The van der Waals surface area contributed by atoms with Gasteiger partial charge in [0.15, 0.2) is 0 Å². The summed E-state index contributed by atoms with van der Waals surface area (Å²) in [7, 11) is 1.74. The molecule has 3 nitrogen and oxygen atoms in total. The molecule has 0 saturated heterocycles. The highest BCUT2D eigenvalue weighted by Crippen LogP contribution is 2.26. The Hall–Kier alpha value is -1.35. The van der Waals surface area contributed by atoms with Crippen molar-refractivity contribution in [3.63, 3.8) is 0 Å². The topological polar surface area (TPSA) is 38.3 Å². The van der Waals surface area contributed by atoms with E-state index in [1.807, 2.05) is 12.1 Å². The molecule has 1 aromatic carbocycles. The van der Waals surface area contributed by atoms with Crippen LogP contribution in [0.5, 0.6) is 0 Å². The Balaban J connectivity index is 2.18. The number of methoxy groups -OCH3 is 1. The molecule has 3 heteroatoms. The molecule has 1 aliphatic rings. The Labute approximate surface area is 89.4 Å². The number of hydrogen-bond acceptors (Lipinski definition) is 2. The molecule has 0 heterocycles. The van der Waals surface area contributed by atoms with Gasteiger partial charge in [-0.3, -0.25) is 4.79 Å². The fourth-order valence-electron chi connectivity index (χ4n) is 2.03. The second kappa shape index (κ2) is 4.03. The molecule has 1 unspecified atom stereocenters. The standard InChI is InChI=1S/C12H15NO2/c1-8(14)13-11-4-3-9-6-12(15-2)7-10(9)5-11/h3-5,12H,6-7H2,1-2H3,(H,13,14). The summed E-state index contributed by atoms with van der Waals surface area (Å²) in [5, 5.41) is 2.79. The zero-order chi connectivity index (χ0) is 10.8. The summed E-state index contributed by atoms with van der Waals surface area (Å²) in [6, 6.07) is 6.05. The molecule has 1 atom stereocenters. The van der Waals surface area contributed by atoms with Gasteiger partial charge in [-0.25, -0.2) is 0 Å². The Morgan fingerprint density at radius 3 is 2.80 bits per heavy atom. The van der Waals surface area contributed by atoms with Crippen molar-refractivity contribution in [2.75, 3.05) is 12.4 Å². The lowest BCUT2D eigenvalue weighted by molar-refractivity contribution is -0.114. The summed E-state index contributed by atoms with van der Waals surface area (Å²) in [5.41, 5.74) is 3.49. The van der Waals surface area contributed by atoms with Crippen molar-refractivity contribution in [1.29, 1.82) is 0 Å². The zero-order valence-corrected chi connectivity index (χ0v) is 9.04. The highest BCUT2D eigenvalue weighted by atomic mass is 16.5. The molecule has 15 heavy (non-hydrogen) atoms. The minimum absolute atomic E-state index is 0.0313. The molecule has 0 bridgehead atoms. The van der Waals surface area contributed by atoms with E-state index < -0.39 is 0 Å². The van der Waals surface area contributed by atoms with Crippen LogP contribution in [0.2, 0.25) is 0 Å².